The number of ether oxygens (including phenoxy) is 4. The molecule has 0 unspecified atom stereocenters. The number of carboxylic acids is 1. The molecule has 0 saturated heterocycles. The molecular weight excluding hydrogens is 600 g/mol. The number of aromatic carboxylic acids is 1. The molecule has 12 nitrogen and oxygen atoms in total. The van der Waals surface area contributed by atoms with E-state index in [9.17, 15) is 14.7 Å². The van der Waals surface area contributed by atoms with Crippen molar-refractivity contribution in [2.24, 2.45) is 0 Å². The number of carbonyl (C=O) groups excluding carboxylic acids is 1. The molecule has 16 heteroatoms. The Labute approximate surface area is 241 Å². The number of carboxylic acid groups (broad SMARTS) is 1. The third-order valence-corrected chi connectivity index (χ3v) is 6.60. The first-order chi connectivity index (χ1) is 18.5. The van der Waals surface area contributed by atoms with Crippen molar-refractivity contribution < 1.29 is 33.6 Å². The number of methoxy groups -OCH3 is 4. The predicted molar refractivity (Wildman–Crippen MR) is 146 cm³/mol. The average molecular weight is 619 g/mol. The average Bonchev–Trinajstić information content (AvgIpc) is 2.92. The SMILES string of the molecule is CNC(=O)c1c(Cl)c(Cl)cc2nc(OC)c(OC)nc12.COc1nc2cc(Cl)c(Cl)c(C(=O)O)c2nc1OC. The van der Waals surface area contributed by atoms with Gasteiger partial charge in [-0.2, -0.15) is 0 Å². The van der Waals surface area contributed by atoms with Gasteiger partial charge in [-0.1, -0.05) is 46.4 Å². The second-order valence-corrected chi connectivity index (χ2v) is 8.77. The van der Waals surface area contributed by atoms with E-state index in [-0.39, 0.29) is 71.3 Å². The second-order valence-electron chi connectivity index (χ2n) is 7.20. The summed E-state index contributed by atoms with van der Waals surface area (Å²) < 4.78 is 20.1. The molecule has 0 aliphatic heterocycles. The lowest BCUT2D eigenvalue weighted by atomic mass is 10.1. The maximum Gasteiger partial charge on any atom is 0.339 e. The fraction of sp³-hybridized carbons (Fsp3) is 0.217. The van der Waals surface area contributed by atoms with Crippen LogP contribution in [0.15, 0.2) is 12.1 Å². The molecule has 206 valence electrons. The number of benzene rings is 2. The highest BCUT2D eigenvalue weighted by Gasteiger charge is 2.23. The summed E-state index contributed by atoms with van der Waals surface area (Å²) in [6.07, 6.45) is 0. The maximum atomic E-state index is 12.0. The quantitative estimate of drug-likeness (QED) is 0.301. The number of hydrogen-bond acceptors (Lipinski definition) is 10. The normalized spacial score (nSPS) is 10.5. The van der Waals surface area contributed by atoms with Gasteiger partial charge in [0.1, 0.15) is 16.6 Å². The first kappa shape index (κ1) is 30.0. The lowest BCUT2D eigenvalue weighted by Gasteiger charge is -2.11. The molecule has 39 heavy (non-hydrogen) atoms. The highest BCUT2D eigenvalue weighted by Crippen LogP contribution is 2.36. The molecule has 0 fully saturated rings. The number of fused-ring (bicyclic) bond motifs is 2. The number of nitrogens with zero attached hydrogens (tertiary/aromatic N) is 4. The molecular formula is C23H19Cl4N5O7. The zero-order valence-electron chi connectivity index (χ0n) is 20.9. The third-order valence-electron chi connectivity index (χ3n) is 5.02. The maximum absolute atomic E-state index is 12.0. The van der Waals surface area contributed by atoms with Crippen LogP contribution in [-0.4, -0.2) is 72.4 Å². The summed E-state index contributed by atoms with van der Waals surface area (Å²) in [5.41, 5.74) is 0.929. The van der Waals surface area contributed by atoms with Crippen LogP contribution < -0.4 is 24.3 Å². The van der Waals surface area contributed by atoms with Crippen LogP contribution in [0.25, 0.3) is 22.1 Å². The highest BCUT2D eigenvalue weighted by atomic mass is 35.5. The van der Waals surface area contributed by atoms with E-state index < -0.39 is 11.9 Å². The summed E-state index contributed by atoms with van der Waals surface area (Å²) in [5.74, 6) is -1.12. The van der Waals surface area contributed by atoms with Crippen molar-refractivity contribution in [1.82, 2.24) is 25.3 Å². The van der Waals surface area contributed by atoms with Crippen LogP contribution in [0.5, 0.6) is 23.5 Å². The molecule has 1 amide bonds. The Balaban J connectivity index is 0.000000216. The molecule has 0 aliphatic carbocycles. The Bertz CT molecular complexity index is 1600. The Morgan fingerprint density at radius 3 is 1.41 bits per heavy atom. The van der Waals surface area contributed by atoms with E-state index in [0.717, 1.165) is 0 Å². The number of amides is 1. The Morgan fingerprint density at radius 1 is 0.692 bits per heavy atom. The van der Waals surface area contributed by atoms with Gasteiger partial charge in [-0.25, -0.2) is 24.7 Å². The van der Waals surface area contributed by atoms with Gasteiger partial charge in [0.05, 0.1) is 65.1 Å². The van der Waals surface area contributed by atoms with E-state index in [4.69, 9.17) is 65.4 Å². The van der Waals surface area contributed by atoms with Gasteiger partial charge in [-0.3, -0.25) is 4.79 Å². The molecule has 2 heterocycles. The summed E-state index contributed by atoms with van der Waals surface area (Å²) in [7, 11) is 7.12. The standard InChI is InChI=1S/C12H11Cl2N3O3.C11H8Cl2N2O4/c1-15-10(18)7-8(14)5(13)4-6-9(7)17-12(20-3)11(16-6)19-2;1-18-9-10(19-2)15-8-5(14-9)3-4(12)7(13)6(8)11(16)17/h4H,1-3H3,(H,15,18);3H,1-2H3,(H,16,17). The summed E-state index contributed by atoms with van der Waals surface area (Å²) in [6, 6.07) is 2.93. The number of nitrogens with one attached hydrogen (secondary N) is 1. The van der Waals surface area contributed by atoms with Gasteiger partial charge in [0.15, 0.2) is 0 Å². The van der Waals surface area contributed by atoms with Gasteiger partial charge >= 0.3 is 5.97 Å². The molecule has 0 radical (unpaired) electrons. The second kappa shape index (κ2) is 12.5. The summed E-state index contributed by atoms with van der Waals surface area (Å²) in [6.45, 7) is 0. The first-order valence-electron chi connectivity index (χ1n) is 10.5. The largest absolute Gasteiger partial charge is 0.478 e. The molecule has 2 aromatic heterocycles. The Kier molecular flexibility index (Phi) is 9.62. The Hall–Kier alpha value is -3.58. The van der Waals surface area contributed by atoms with E-state index in [1.54, 1.807) is 0 Å². The Morgan fingerprint density at radius 2 is 1.05 bits per heavy atom. The van der Waals surface area contributed by atoms with Crippen LogP contribution in [0.2, 0.25) is 20.1 Å². The summed E-state index contributed by atoms with van der Waals surface area (Å²) in [5, 5.41) is 12.0. The van der Waals surface area contributed by atoms with Gasteiger partial charge in [0.25, 0.3) is 29.4 Å². The third kappa shape index (κ3) is 5.88. The fourth-order valence-corrected chi connectivity index (χ4v) is 4.13. The highest BCUT2D eigenvalue weighted by molar-refractivity contribution is 6.45. The minimum absolute atomic E-state index is 0.0656. The number of halogens is 4. The van der Waals surface area contributed by atoms with Gasteiger partial charge in [0, 0.05) is 7.05 Å². The zero-order valence-corrected chi connectivity index (χ0v) is 23.9. The van der Waals surface area contributed by atoms with Gasteiger partial charge in [-0.15, -0.1) is 0 Å². The predicted octanol–water partition coefficient (Wildman–Crippen LogP) is 4.97. The van der Waals surface area contributed by atoms with Gasteiger partial charge in [-0.05, 0) is 12.1 Å². The molecule has 0 atom stereocenters. The van der Waals surface area contributed by atoms with Crippen molar-refractivity contribution in [3.63, 3.8) is 0 Å². The molecule has 0 saturated carbocycles. The minimum Gasteiger partial charge on any atom is -0.478 e. The van der Waals surface area contributed by atoms with Gasteiger partial charge < -0.3 is 29.4 Å². The van der Waals surface area contributed by atoms with Crippen LogP contribution in [0.1, 0.15) is 20.7 Å². The van der Waals surface area contributed by atoms with Crippen LogP contribution >= 0.6 is 46.4 Å². The molecule has 4 rings (SSSR count). The van der Waals surface area contributed by atoms with E-state index in [2.05, 4.69) is 25.3 Å². The van der Waals surface area contributed by atoms with E-state index in [0.29, 0.717) is 5.52 Å². The minimum atomic E-state index is -1.25. The number of carbonyl (C=O) groups is 2. The van der Waals surface area contributed by atoms with E-state index in [1.807, 2.05) is 0 Å². The molecule has 0 bridgehead atoms. The topological polar surface area (TPSA) is 155 Å². The van der Waals surface area contributed by atoms with Crippen molar-refractivity contribution in [2.75, 3.05) is 35.5 Å². The molecule has 0 spiro atoms. The van der Waals surface area contributed by atoms with Crippen LogP contribution in [0.3, 0.4) is 0 Å². The van der Waals surface area contributed by atoms with Crippen LogP contribution in [-0.2, 0) is 0 Å². The summed E-state index contributed by atoms with van der Waals surface area (Å²) in [4.78, 5) is 39.8. The number of rotatable bonds is 6. The number of aromatic nitrogens is 4. The van der Waals surface area contributed by atoms with Gasteiger partial charge in [0.2, 0.25) is 0 Å². The van der Waals surface area contributed by atoms with Crippen molar-refractivity contribution in [3.8, 4) is 23.5 Å². The molecule has 2 N–H and O–H groups in total. The lowest BCUT2D eigenvalue weighted by Crippen LogP contribution is -2.19. The molecule has 2 aromatic carbocycles. The van der Waals surface area contributed by atoms with Crippen molar-refractivity contribution in [3.05, 3.63) is 43.4 Å². The van der Waals surface area contributed by atoms with E-state index in [1.165, 1.54) is 47.6 Å². The van der Waals surface area contributed by atoms with E-state index >= 15 is 0 Å². The first-order valence-corrected chi connectivity index (χ1v) is 12.0. The zero-order chi connectivity index (χ0) is 29.0. The van der Waals surface area contributed by atoms with Crippen molar-refractivity contribution >= 4 is 80.3 Å². The lowest BCUT2D eigenvalue weighted by molar-refractivity contribution is 0.0698. The van der Waals surface area contributed by atoms with Crippen molar-refractivity contribution in [2.45, 2.75) is 0 Å². The smallest absolute Gasteiger partial charge is 0.339 e. The van der Waals surface area contributed by atoms with Crippen LogP contribution in [0, 0.1) is 0 Å². The fourth-order valence-electron chi connectivity index (χ4n) is 3.28. The summed E-state index contributed by atoms with van der Waals surface area (Å²) >= 11 is 23.8. The number of hydrogen-bond donors (Lipinski definition) is 2. The molecule has 0 aliphatic rings. The molecule has 4 aromatic rings. The monoisotopic (exact) mass is 617 g/mol. The van der Waals surface area contributed by atoms with Crippen molar-refractivity contribution in [1.29, 1.82) is 0 Å². The van der Waals surface area contributed by atoms with Crippen LogP contribution in [0.4, 0.5) is 0 Å².